The fraction of sp³-hybridized carbons (Fsp3) is 0.600. The number of methoxy groups -OCH3 is 2. The Morgan fingerprint density at radius 2 is 1.89 bits per heavy atom. The van der Waals surface area contributed by atoms with Gasteiger partial charge in [-0.3, -0.25) is 4.90 Å². The highest BCUT2D eigenvalue weighted by molar-refractivity contribution is 5.85. The molecule has 19 heavy (non-hydrogen) atoms. The van der Waals surface area contributed by atoms with Crippen molar-refractivity contribution < 1.29 is 9.47 Å². The fourth-order valence-corrected chi connectivity index (χ4v) is 2.61. The van der Waals surface area contributed by atoms with E-state index in [0.29, 0.717) is 6.04 Å². The van der Waals surface area contributed by atoms with Crippen LogP contribution in [0.4, 0.5) is 0 Å². The molecule has 0 N–H and O–H groups in total. The van der Waals surface area contributed by atoms with Gasteiger partial charge in [-0.25, -0.2) is 0 Å². The van der Waals surface area contributed by atoms with Gasteiger partial charge in [0.15, 0.2) is 11.5 Å². The van der Waals surface area contributed by atoms with Crippen molar-refractivity contribution >= 4 is 12.4 Å². The third kappa shape index (κ3) is 4.02. The quantitative estimate of drug-likeness (QED) is 0.845. The second-order valence-electron chi connectivity index (χ2n) is 5.00. The molecule has 1 aromatic rings. The number of rotatable bonds is 4. The predicted molar refractivity (Wildman–Crippen MR) is 80.5 cm³/mol. The molecule has 1 heterocycles. The topological polar surface area (TPSA) is 21.7 Å². The van der Waals surface area contributed by atoms with Gasteiger partial charge < -0.3 is 9.47 Å². The normalized spacial score (nSPS) is 19.6. The lowest BCUT2D eigenvalue weighted by atomic mass is 10.0. The third-order valence-corrected chi connectivity index (χ3v) is 3.77. The molecule has 1 aliphatic rings. The molecule has 108 valence electrons. The van der Waals surface area contributed by atoms with Crippen LogP contribution in [0.1, 0.15) is 31.7 Å². The van der Waals surface area contributed by atoms with Crippen LogP contribution >= 0.6 is 12.4 Å². The van der Waals surface area contributed by atoms with Crippen molar-refractivity contribution in [2.75, 3.05) is 20.8 Å². The molecule has 3 nitrogen and oxygen atoms in total. The second kappa shape index (κ2) is 7.61. The van der Waals surface area contributed by atoms with Crippen molar-refractivity contribution in [1.29, 1.82) is 0 Å². The molecule has 1 aliphatic heterocycles. The average molecular weight is 286 g/mol. The summed E-state index contributed by atoms with van der Waals surface area (Å²) in [6, 6.07) is 6.89. The maximum Gasteiger partial charge on any atom is 0.161 e. The van der Waals surface area contributed by atoms with Gasteiger partial charge in [0.2, 0.25) is 0 Å². The molecule has 0 aliphatic carbocycles. The average Bonchev–Trinajstić information content (AvgIpc) is 2.41. The van der Waals surface area contributed by atoms with Gasteiger partial charge in [-0.05, 0) is 44.0 Å². The smallest absolute Gasteiger partial charge is 0.161 e. The van der Waals surface area contributed by atoms with Crippen LogP contribution in [-0.2, 0) is 6.54 Å². The first-order chi connectivity index (χ1) is 8.74. The monoisotopic (exact) mass is 285 g/mol. The van der Waals surface area contributed by atoms with E-state index in [0.717, 1.165) is 18.0 Å². The third-order valence-electron chi connectivity index (χ3n) is 3.77. The van der Waals surface area contributed by atoms with Gasteiger partial charge in [0, 0.05) is 12.6 Å². The Bertz CT molecular complexity index is 398. The number of benzene rings is 1. The van der Waals surface area contributed by atoms with Gasteiger partial charge in [0.25, 0.3) is 0 Å². The van der Waals surface area contributed by atoms with Gasteiger partial charge in [0.1, 0.15) is 0 Å². The van der Waals surface area contributed by atoms with E-state index in [4.69, 9.17) is 9.47 Å². The Labute approximate surface area is 122 Å². The van der Waals surface area contributed by atoms with E-state index in [1.807, 2.05) is 6.07 Å². The number of nitrogens with zero attached hydrogens (tertiary/aromatic N) is 1. The standard InChI is InChI=1S/C15H23NO2.ClH/c1-12-6-4-5-9-16(12)11-13-7-8-14(17-2)15(10-13)18-3;/h7-8,10,12H,4-6,9,11H2,1-3H3;1H. The maximum atomic E-state index is 5.35. The lowest BCUT2D eigenvalue weighted by Gasteiger charge is -2.33. The zero-order valence-electron chi connectivity index (χ0n) is 12.0. The number of halogens is 1. The number of ether oxygens (including phenoxy) is 2. The molecule has 4 heteroatoms. The molecule has 1 atom stereocenters. The van der Waals surface area contributed by atoms with E-state index in [-0.39, 0.29) is 12.4 Å². The summed E-state index contributed by atoms with van der Waals surface area (Å²) in [6.45, 7) is 4.52. The van der Waals surface area contributed by atoms with Crippen molar-refractivity contribution in [2.24, 2.45) is 0 Å². The lowest BCUT2D eigenvalue weighted by molar-refractivity contribution is 0.152. The fourth-order valence-electron chi connectivity index (χ4n) is 2.61. The highest BCUT2D eigenvalue weighted by atomic mass is 35.5. The first-order valence-corrected chi connectivity index (χ1v) is 6.69. The van der Waals surface area contributed by atoms with Crippen LogP contribution in [0.15, 0.2) is 18.2 Å². The Morgan fingerprint density at radius 3 is 2.53 bits per heavy atom. The number of hydrogen-bond acceptors (Lipinski definition) is 3. The Kier molecular flexibility index (Phi) is 6.46. The van der Waals surface area contributed by atoms with Gasteiger partial charge >= 0.3 is 0 Å². The maximum absolute atomic E-state index is 5.35. The molecule has 1 saturated heterocycles. The molecule has 2 rings (SSSR count). The zero-order valence-corrected chi connectivity index (χ0v) is 12.8. The molecule has 1 unspecified atom stereocenters. The lowest BCUT2D eigenvalue weighted by Crippen LogP contribution is -2.36. The van der Waals surface area contributed by atoms with Crippen LogP contribution in [-0.4, -0.2) is 31.7 Å². The van der Waals surface area contributed by atoms with Crippen molar-refractivity contribution in [3.05, 3.63) is 23.8 Å². The Balaban J connectivity index is 0.00000180. The minimum Gasteiger partial charge on any atom is -0.493 e. The van der Waals surface area contributed by atoms with E-state index in [1.165, 1.54) is 31.4 Å². The number of likely N-dealkylation sites (tertiary alicyclic amines) is 1. The summed E-state index contributed by atoms with van der Waals surface area (Å²) in [5, 5.41) is 0. The van der Waals surface area contributed by atoms with Crippen LogP contribution in [0, 0.1) is 0 Å². The van der Waals surface area contributed by atoms with Crippen molar-refractivity contribution in [3.8, 4) is 11.5 Å². The summed E-state index contributed by atoms with van der Waals surface area (Å²) in [6.07, 6.45) is 3.99. The van der Waals surface area contributed by atoms with E-state index < -0.39 is 0 Å². The second-order valence-corrected chi connectivity index (χ2v) is 5.00. The molecular weight excluding hydrogens is 262 g/mol. The molecule has 1 fully saturated rings. The molecule has 0 amide bonds. The first-order valence-electron chi connectivity index (χ1n) is 6.69. The van der Waals surface area contributed by atoms with Crippen LogP contribution < -0.4 is 9.47 Å². The summed E-state index contributed by atoms with van der Waals surface area (Å²) in [5.74, 6) is 1.62. The molecule has 0 bridgehead atoms. The molecule has 0 spiro atoms. The van der Waals surface area contributed by atoms with Crippen molar-refractivity contribution in [2.45, 2.75) is 38.8 Å². The van der Waals surface area contributed by atoms with Gasteiger partial charge in [-0.15, -0.1) is 12.4 Å². The SMILES string of the molecule is COc1ccc(CN2CCCCC2C)cc1OC.Cl. The highest BCUT2D eigenvalue weighted by Crippen LogP contribution is 2.29. The predicted octanol–water partition coefficient (Wildman–Crippen LogP) is 3.50. The number of piperidine rings is 1. The van der Waals surface area contributed by atoms with Crippen molar-refractivity contribution in [1.82, 2.24) is 4.90 Å². The minimum atomic E-state index is 0. The molecule has 0 saturated carbocycles. The van der Waals surface area contributed by atoms with Crippen LogP contribution in [0.3, 0.4) is 0 Å². The Hall–Kier alpha value is -0.930. The zero-order chi connectivity index (χ0) is 13.0. The summed E-state index contributed by atoms with van der Waals surface area (Å²) in [4.78, 5) is 2.55. The van der Waals surface area contributed by atoms with E-state index in [2.05, 4.69) is 24.0 Å². The summed E-state index contributed by atoms with van der Waals surface area (Å²) >= 11 is 0. The summed E-state index contributed by atoms with van der Waals surface area (Å²) < 4.78 is 10.6. The Morgan fingerprint density at radius 1 is 1.16 bits per heavy atom. The van der Waals surface area contributed by atoms with Crippen LogP contribution in [0.2, 0.25) is 0 Å². The van der Waals surface area contributed by atoms with E-state index in [9.17, 15) is 0 Å². The molecule has 0 radical (unpaired) electrons. The summed E-state index contributed by atoms with van der Waals surface area (Å²) in [5.41, 5.74) is 1.29. The van der Waals surface area contributed by atoms with Gasteiger partial charge in [-0.2, -0.15) is 0 Å². The van der Waals surface area contributed by atoms with Crippen molar-refractivity contribution in [3.63, 3.8) is 0 Å². The van der Waals surface area contributed by atoms with Gasteiger partial charge in [0.05, 0.1) is 14.2 Å². The molecular formula is C15H24ClNO2. The summed E-state index contributed by atoms with van der Waals surface area (Å²) in [7, 11) is 3.36. The first kappa shape index (κ1) is 16.1. The van der Waals surface area contributed by atoms with E-state index >= 15 is 0 Å². The van der Waals surface area contributed by atoms with Crippen LogP contribution in [0.5, 0.6) is 11.5 Å². The molecule has 1 aromatic carbocycles. The minimum absolute atomic E-state index is 0. The molecule has 0 aromatic heterocycles. The number of hydrogen-bond donors (Lipinski definition) is 0. The van der Waals surface area contributed by atoms with Gasteiger partial charge in [-0.1, -0.05) is 12.5 Å². The van der Waals surface area contributed by atoms with Crippen LogP contribution in [0.25, 0.3) is 0 Å². The highest BCUT2D eigenvalue weighted by Gasteiger charge is 2.18. The van der Waals surface area contributed by atoms with E-state index in [1.54, 1.807) is 14.2 Å². The largest absolute Gasteiger partial charge is 0.493 e.